The minimum atomic E-state index is -1.07. The van der Waals surface area contributed by atoms with E-state index in [2.05, 4.69) is 26.9 Å². The van der Waals surface area contributed by atoms with Gasteiger partial charge in [-0.3, -0.25) is 4.90 Å². The Kier molecular flexibility index (Phi) is 7.71. The molecule has 2 aliphatic rings. The number of aromatic nitrogens is 2. The van der Waals surface area contributed by atoms with E-state index in [4.69, 9.17) is 37.4 Å². The molecule has 5 rings (SSSR count). The van der Waals surface area contributed by atoms with Crippen molar-refractivity contribution in [1.82, 2.24) is 14.5 Å². The molecule has 1 unspecified atom stereocenters. The van der Waals surface area contributed by atoms with Gasteiger partial charge in [0.2, 0.25) is 5.79 Å². The molecule has 2 aromatic carbocycles. The highest BCUT2D eigenvalue weighted by Crippen LogP contribution is 2.40. The fourth-order valence-corrected chi connectivity index (χ4v) is 5.22. The van der Waals surface area contributed by atoms with Crippen molar-refractivity contribution in [3.8, 4) is 5.75 Å². The maximum absolute atomic E-state index is 9.76. The predicted molar refractivity (Wildman–Crippen MR) is 139 cm³/mol. The van der Waals surface area contributed by atoms with E-state index in [1.54, 1.807) is 24.7 Å². The molecule has 1 aromatic heterocycles. The highest BCUT2D eigenvalue weighted by Gasteiger charge is 2.45. The Morgan fingerprint density at radius 2 is 1.92 bits per heavy atom. The molecule has 0 saturated carbocycles. The van der Waals surface area contributed by atoms with E-state index in [0.29, 0.717) is 35.4 Å². The monoisotopic (exact) mass is 532 g/mol. The third-order valence-electron chi connectivity index (χ3n) is 6.63. The highest BCUT2D eigenvalue weighted by molar-refractivity contribution is 6.35. The number of anilines is 1. The predicted octanol–water partition coefficient (Wildman–Crippen LogP) is 4.00. The van der Waals surface area contributed by atoms with Crippen molar-refractivity contribution in [3.05, 3.63) is 76.8 Å². The second kappa shape index (κ2) is 11.0. The van der Waals surface area contributed by atoms with E-state index in [0.717, 1.165) is 37.6 Å². The van der Waals surface area contributed by atoms with Gasteiger partial charge in [0.25, 0.3) is 0 Å². The molecule has 0 radical (unpaired) electrons. The van der Waals surface area contributed by atoms with Gasteiger partial charge in [0.15, 0.2) is 0 Å². The molecule has 0 aliphatic carbocycles. The molecule has 0 amide bonds. The first-order valence-corrected chi connectivity index (χ1v) is 12.8. The van der Waals surface area contributed by atoms with Crippen LogP contribution in [0.5, 0.6) is 5.75 Å². The summed E-state index contributed by atoms with van der Waals surface area (Å²) in [5, 5.41) is 10.8. The second-order valence-electron chi connectivity index (χ2n) is 9.12. The Bertz CT molecular complexity index is 1140. The number of ether oxygens (including phenoxy) is 3. The summed E-state index contributed by atoms with van der Waals surface area (Å²) in [6.45, 7) is 6.34. The largest absolute Gasteiger partial charge is 0.491 e. The molecular weight excluding hydrogens is 503 g/mol. The lowest BCUT2D eigenvalue weighted by Crippen LogP contribution is -2.49. The van der Waals surface area contributed by atoms with E-state index in [-0.39, 0.29) is 6.10 Å². The van der Waals surface area contributed by atoms with Crippen LogP contribution in [0.4, 0.5) is 5.69 Å². The molecule has 2 aliphatic heterocycles. The molecule has 36 heavy (non-hydrogen) atoms. The summed E-state index contributed by atoms with van der Waals surface area (Å²) in [5.41, 5.74) is 1.86. The summed E-state index contributed by atoms with van der Waals surface area (Å²) < 4.78 is 20.6. The van der Waals surface area contributed by atoms with Gasteiger partial charge in [0.1, 0.15) is 24.7 Å². The molecule has 192 valence electrons. The van der Waals surface area contributed by atoms with Gasteiger partial charge in [-0.25, -0.2) is 4.98 Å². The van der Waals surface area contributed by atoms with Crippen LogP contribution in [-0.4, -0.2) is 71.3 Å². The van der Waals surface area contributed by atoms with Gasteiger partial charge in [-0.1, -0.05) is 29.3 Å². The maximum atomic E-state index is 9.76. The topological polar surface area (TPSA) is 72.2 Å². The van der Waals surface area contributed by atoms with Crippen molar-refractivity contribution >= 4 is 28.9 Å². The van der Waals surface area contributed by atoms with Crippen molar-refractivity contribution < 1.29 is 19.3 Å². The fraction of sp³-hybridized carbons (Fsp3) is 0.423. The van der Waals surface area contributed by atoms with E-state index in [9.17, 15) is 5.11 Å². The van der Waals surface area contributed by atoms with Crippen LogP contribution in [0, 0.1) is 0 Å². The van der Waals surface area contributed by atoms with Crippen LogP contribution < -0.4 is 9.64 Å². The van der Waals surface area contributed by atoms with Crippen molar-refractivity contribution in [1.29, 1.82) is 0 Å². The summed E-state index contributed by atoms with van der Waals surface area (Å²) in [6.07, 6.45) is 4.60. The van der Waals surface area contributed by atoms with Crippen LogP contribution >= 0.6 is 23.2 Å². The van der Waals surface area contributed by atoms with Crippen molar-refractivity contribution in [2.45, 2.75) is 31.6 Å². The minimum Gasteiger partial charge on any atom is -0.491 e. The van der Waals surface area contributed by atoms with Crippen LogP contribution in [0.25, 0.3) is 0 Å². The van der Waals surface area contributed by atoms with Gasteiger partial charge in [0.05, 0.1) is 24.5 Å². The van der Waals surface area contributed by atoms with Crippen LogP contribution in [0.3, 0.4) is 0 Å². The van der Waals surface area contributed by atoms with Crippen LogP contribution in [0.2, 0.25) is 10.0 Å². The summed E-state index contributed by atoms with van der Waals surface area (Å²) in [5.74, 6) is -0.310. The molecule has 3 aromatic rings. The summed E-state index contributed by atoms with van der Waals surface area (Å²) in [4.78, 5) is 8.52. The second-order valence-corrected chi connectivity index (χ2v) is 9.97. The Morgan fingerprint density at radius 1 is 1.14 bits per heavy atom. The number of rotatable bonds is 8. The first-order valence-electron chi connectivity index (χ1n) is 12.0. The Balaban J connectivity index is 1.21. The summed E-state index contributed by atoms with van der Waals surface area (Å²) in [7, 11) is 0. The number of aliphatic hydroxyl groups excluding tert-OH is 1. The van der Waals surface area contributed by atoms with Gasteiger partial charge < -0.3 is 28.8 Å². The number of nitrogens with zero attached hydrogens (tertiary/aromatic N) is 4. The molecular formula is C26H30Cl2N4O4. The Hall–Kier alpha value is -2.33. The molecule has 2 fully saturated rings. The SMILES string of the molecule is CC(O)N1CCN(c2ccc(OC[C@@H]3CO[C@@](Cn4ccnc4)(c4ccc(Cl)cc4Cl)O3)cc2)CC1. The Morgan fingerprint density at radius 3 is 2.58 bits per heavy atom. The van der Waals surface area contributed by atoms with Crippen molar-refractivity contribution in [2.75, 3.05) is 44.3 Å². The number of aliphatic hydroxyl groups is 1. The van der Waals surface area contributed by atoms with Gasteiger partial charge >= 0.3 is 0 Å². The zero-order valence-corrected chi connectivity index (χ0v) is 21.6. The standard InChI is InChI=1S/C26H30Cl2N4O4/c1-19(33)31-10-12-32(13-11-31)21-3-5-22(6-4-21)34-15-23-16-35-26(36-23,17-30-9-8-29-18-30)24-7-2-20(27)14-25(24)28/h2-9,14,18-19,23,33H,10-13,15-17H2,1H3/t19?,23-,26-/m1/s1. The van der Waals surface area contributed by atoms with E-state index in [1.807, 2.05) is 35.9 Å². The first-order chi connectivity index (χ1) is 17.4. The molecule has 3 heterocycles. The first kappa shape index (κ1) is 25.3. The van der Waals surface area contributed by atoms with Crippen molar-refractivity contribution in [2.24, 2.45) is 0 Å². The van der Waals surface area contributed by atoms with Gasteiger partial charge in [-0.2, -0.15) is 0 Å². The molecule has 3 atom stereocenters. The molecule has 0 spiro atoms. The smallest absolute Gasteiger partial charge is 0.215 e. The fourth-order valence-electron chi connectivity index (χ4n) is 4.67. The maximum Gasteiger partial charge on any atom is 0.215 e. The third kappa shape index (κ3) is 5.64. The average Bonchev–Trinajstić information content (AvgIpc) is 3.54. The van der Waals surface area contributed by atoms with E-state index >= 15 is 0 Å². The van der Waals surface area contributed by atoms with Crippen LogP contribution in [0.15, 0.2) is 61.2 Å². The molecule has 2 saturated heterocycles. The quantitative estimate of drug-likeness (QED) is 0.470. The number of benzene rings is 2. The average molecular weight is 533 g/mol. The lowest BCUT2D eigenvalue weighted by molar-refractivity contribution is -0.189. The lowest BCUT2D eigenvalue weighted by atomic mass is 10.1. The third-order valence-corrected chi connectivity index (χ3v) is 7.18. The van der Waals surface area contributed by atoms with E-state index in [1.165, 1.54) is 0 Å². The summed E-state index contributed by atoms with van der Waals surface area (Å²) in [6, 6.07) is 13.4. The van der Waals surface area contributed by atoms with Gasteiger partial charge in [-0.05, 0) is 43.3 Å². The molecule has 0 bridgehead atoms. The number of hydrogen-bond acceptors (Lipinski definition) is 7. The number of hydrogen-bond donors (Lipinski definition) is 1. The zero-order valence-electron chi connectivity index (χ0n) is 20.1. The number of halogens is 2. The van der Waals surface area contributed by atoms with E-state index < -0.39 is 12.0 Å². The lowest BCUT2D eigenvalue weighted by Gasteiger charge is -2.37. The number of piperazine rings is 1. The van der Waals surface area contributed by atoms with Gasteiger partial charge in [-0.15, -0.1) is 0 Å². The van der Waals surface area contributed by atoms with Crippen LogP contribution in [0.1, 0.15) is 12.5 Å². The number of imidazole rings is 1. The van der Waals surface area contributed by atoms with Gasteiger partial charge in [0, 0.05) is 54.8 Å². The zero-order chi connectivity index (χ0) is 25.1. The Labute approximate surface area is 220 Å². The molecule has 10 heteroatoms. The minimum absolute atomic E-state index is 0.284. The summed E-state index contributed by atoms with van der Waals surface area (Å²) >= 11 is 12.7. The van der Waals surface area contributed by atoms with Crippen molar-refractivity contribution in [3.63, 3.8) is 0 Å². The molecule has 8 nitrogen and oxygen atoms in total. The van der Waals surface area contributed by atoms with Crippen LogP contribution in [-0.2, 0) is 21.8 Å². The highest BCUT2D eigenvalue weighted by atomic mass is 35.5. The normalized spacial score (nSPS) is 23.7. The molecule has 1 N–H and O–H groups in total.